The lowest BCUT2D eigenvalue weighted by molar-refractivity contribution is -0.387. The first-order valence-corrected chi connectivity index (χ1v) is 10.1. The van der Waals surface area contributed by atoms with Gasteiger partial charge in [0.25, 0.3) is 11.6 Å². The van der Waals surface area contributed by atoms with Crippen LogP contribution in [0.1, 0.15) is 32.7 Å². The molecule has 0 bridgehead atoms. The van der Waals surface area contributed by atoms with Gasteiger partial charge in [-0.25, -0.2) is 0 Å². The van der Waals surface area contributed by atoms with E-state index in [4.69, 9.17) is 0 Å². The van der Waals surface area contributed by atoms with E-state index in [1.165, 1.54) is 17.8 Å². The number of benzene rings is 2. The summed E-state index contributed by atoms with van der Waals surface area (Å²) in [6.07, 6.45) is 2.60. The normalized spacial score (nSPS) is 15.4. The Morgan fingerprint density at radius 2 is 1.90 bits per heavy atom. The summed E-state index contributed by atoms with van der Waals surface area (Å²) in [7, 11) is 1.74. The lowest BCUT2D eigenvalue weighted by Crippen LogP contribution is -2.39. The molecule has 1 atom stereocenters. The molecule has 1 heterocycles. The molecule has 7 nitrogen and oxygen atoms in total. The maximum Gasteiger partial charge on any atom is 0.283 e. The molecular weight excluding hydrogens is 414 g/mol. The minimum Gasteiger partial charge on any atom is -0.337 e. The van der Waals surface area contributed by atoms with Gasteiger partial charge in [-0.1, -0.05) is 18.2 Å². The van der Waals surface area contributed by atoms with Crippen molar-refractivity contribution in [1.82, 2.24) is 10.2 Å². The van der Waals surface area contributed by atoms with Crippen molar-refractivity contribution in [3.63, 3.8) is 0 Å². The quantitative estimate of drug-likeness (QED) is 0.323. The molecule has 1 saturated heterocycles. The number of hydrogen-bond donors (Lipinski definition) is 1. The Balaban J connectivity index is 0.00000300. The summed E-state index contributed by atoms with van der Waals surface area (Å²) < 4.78 is 0. The molecule has 0 saturated carbocycles. The highest BCUT2D eigenvalue weighted by Crippen LogP contribution is 2.29. The smallest absolute Gasteiger partial charge is 0.283 e. The summed E-state index contributed by atoms with van der Waals surface area (Å²) in [6, 6.07) is 11.1. The second-order valence-electron chi connectivity index (χ2n) is 6.58. The standard InChI is InChI=1S/C20H21N3O4S.ClH/c1-22(14-9-10-21-12-14)20(25)16-6-4-3-5-15(16)19(24)13-7-8-18(28-2)17(11-13)23(26)27;/h3-8,11,14,21H,9-10,12H2,1-2H3;1H. The molecule has 1 amide bonds. The zero-order valence-electron chi connectivity index (χ0n) is 16.1. The number of nitrogens with zero attached hydrogens (tertiary/aromatic N) is 2. The molecule has 1 aliphatic rings. The number of carbonyl (C=O) groups excluding carboxylic acids is 2. The number of nitro groups is 1. The van der Waals surface area contributed by atoms with Crippen LogP contribution in [0.4, 0.5) is 5.69 Å². The number of likely N-dealkylation sites (N-methyl/N-ethyl adjacent to an activating group) is 1. The lowest BCUT2D eigenvalue weighted by atomic mass is 9.97. The molecule has 2 aromatic rings. The molecular formula is C20H22ClN3O4S. The second kappa shape index (κ2) is 9.87. The number of carbonyl (C=O) groups is 2. The number of hydrogen-bond acceptors (Lipinski definition) is 6. The van der Waals surface area contributed by atoms with Gasteiger partial charge < -0.3 is 10.2 Å². The van der Waals surface area contributed by atoms with Gasteiger partial charge in [0, 0.05) is 36.8 Å². The van der Waals surface area contributed by atoms with Gasteiger partial charge in [-0.2, -0.15) is 0 Å². The Hall–Kier alpha value is -2.42. The van der Waals surface area contributed by atoms with Gasteiger partial charge in [0.15, 0.2) is 5.78 Å². The fourth-order valence-electron chi connectivity index (χ4n) is 3.32. The van der Waals surface area contributed by atoms with E-state index in [1.54, 1.807) is 54.6 Å². The van der Waals surface area contributed by atoms with E-state index in [-0.39, 0.29) is 41.2 Å². The Morgan fingerprint density at radius 3 is 2.48 bits per heavy atom. The highest BCUT2D eigenvalue weighted by atomic mass is 35.5. The number of rotatable bonds is 6. The Labute approximate surface area is 179 Å². The third kappa shape index (κ3) is 4.77. The maximum atomic E-state index is 13.1. The zero-order chi connectivity index (χ0) is 20.3. The fraction of sp³-hybridized carbons (Fsp3) is 0.300. The van der Waals surface area contributed by atoms with Gasteiger partial charge in [-0.15, -0.1) is 24.2 Å². The van der Waals surface area contributed by atoms with E-state index in [0.29, 0.717) is 10.5 Å². The number of thioether (sulfide) groups is 1. The average molecular weight is 436 g/mol. The fourth-order valence-corrected chi connectivity index (χ4v) is 3.87. The first kappa shape index (κ1) is 22.9. The van der Waals surface area contributed by atoms with Crippen molar-refractivity contribution < 1.29 is 14.5 Å². The second-order valence-corrected chi connectivity index (χ2v) is 7.43. The summed E-state index contributed by atoms with van der Waals surface area (Å²) in [5.74, 6) is -0.634. The third-order valence-electron chi connectivity index (χ3n) is 4.94. The molecule has 29 heavy (non-hydrogen) atoms. The van der Waals surface area contributed by atoms with Crippen molar-refractivity contribution >= 4 is 41.5 Å². The number of halogens is 1. The van der Waals surface area contributed by atoms with Crippen molar-refractivity contribution in [2.75, 3.05) is 26.4 Å². The van der Waals surface area contributed by atoms with Crippen LogP contribution in [-0.4, -0.2) is 53.9 Å². The van der Waals surface area contributed by atoms with Crippen LogP contribution in [0, 0.1) is 10.1 Å². The summed E-state index contributed by atoms with van der Waals surface area (Å²) >= 11 is 1.25. The van der Waals surface area contributed by atoms with E-state index in [1.807, 2.05) is 0 Å². The van der Waals surface area contributed by atoms with Gasteiger partial charge in [-0.05, 0) is 37.4 Å². The summed E-state index contributed by atoms with van der Waals surface area (Å²) in [4.78, 5) is 39.0. The lowest BCUT2D eigenvalue weighted by Gasteiger charge is -2.24. The van der Waals surface area contributed by atoms with Crippen LogP contribution < -0.4 is 5.32 Å². The topological polar surface area (TPSA) is 92.6 Å². The highest BCUT2D eigenvalue weighted by molar-refractivity contribution is 7.98. The van der Waals surface area contributed by atoms with Gasteiger partial charge in [0.05, 0.1) is 15.4 Å². The van der Waals surface area contributed by atoms with Crippen LogP contribution in [0.15, 0.2) is 47.4 Å². The molecule has 0 aromatic heterocycles. The van der Waals surface area contributed by atoms with Crippen LogP contribution in [0.3, 0.4) is 0 Å². The number of ketones is 1. The van der Waals surface area contributed by atoms with Crippen LogP contribution in [0.2, 0.25) is 0 Å². The molecule has 154 valence electrons. The minimum absolute atomic E-state index is 0. The molecule has 0 aliphatic carbocycles. The van der Waals surface area contributed by atoms with Crippen molar-refractivity contribution in [2.45, 2.75) is 17.4 Å². The van der Waals surface area contributed by atoms with Gasteiger partial charge in [0.2, 0.25) is 0 Å². The zero-order valence-corrected chi connectivity index (χ0v) is 17.7. The summed E-state index contributed by atoms with van der Waals surface area (Å²) in [5, 5.41) is 14.5. The number of nitrogens with one attached hydrogen (secondary N) is 1. The van der Waals surface area contributed by atoms with Crippen molar-refractivity contribution in [3.8, 4) is 0 Å². The van der Waals surface area contributed by atoms with E-state index in [0.717, 1.165) is 19.5 Å². The number of amides is 1. The molecule has 1 unspecified atom stereocenters. The first-order valence-electron chi connectivity index (χ1n) is 8.88. The molecule has 2 aromatic carbocycles. The largest absolute Gasteiger partial charge is 0.337 e. The molecule has 0 radical (unpaired) electrons. The minimum atomic E-state index is -0.499. The van der Waals surface area contributed by atoms with Crippen LogP contribution in [-0.2, 0) is 0 Å². The average Bonchev–Trinajstić information content (AvgIpc) is 3.26. The third-order valence-corrected chi connectivity index (χ3v) is 5.73. The van der Waals surface area contributed by atoms with Crippen LogP contribution in [0.5, 0.6) is 0 Å². The summed E-state index contributed by atoms with van der Waals surface area (Å²) in [5.41, 5.74) is 0.626. The molecule has 1 N–H and O–H groups in total. The predicted molar refractivity (Wildman–Crippen MR) is 115 cm³/mol. The van der Waals surface area contributed by atoms with E-state index < -0.39 is 10.7 Å². The van der Waals surface area contributed by atoms with Crippen LogP contribution in [0.25, 0.3) is 0 Å². The Kier molecular flexibility index (Phi) is 7.78. The molecule has 1 fully saturated rings. The van der Waals surface area contributed by atoms with Crippen molar-refractivity contribution in [3.05, 3.63) is 69.3 Å². The summed E-state index contributed by atoms with van der Waals surface area (Å²) in [6.45, 7) is 1.58. The monoisotopic (exact) mass is 435 g/mol. The SMILES string of the molecule is CSc1ccc(C(=O)c2ccccc2C(=O)N(C)C2CCNC2)cc1[N+](=O)[O-].Cl. The Morgan fingerprint density at radius 1 is 1.21 bits per heavy atom. The van der Waals surface area contributed by atoms with E-state index >= 15 is 0 Å². The molecule has 3 rings (SSSR count). The first-order chi connectivity index (χ1) is 13.4. The van der Waals surface area contributed by atoms with Crippen molar-refractivity contribution in [1.29, 1.82) is 0 Å². The van der Waals surface area contributed by atoms with Crippen LogP contribution >= 0.6 is 24.2 Å². The van der Waals surface area contributed by atoms with E-state index in [2.05, 4.69) is 5.32 Å². The van der Waals surface area contributed by atoms with Gasteiger partial charge in [-0.3, -0.25) is 19.7 Å². The molecule has 0 spiro atoms. The predicted octanol–water partition coefficient (Wildman–Crippen LogP) is 3.40. The van der Waals surface area contributed by atoms with Gasteiger partial charge in [0.1, 0.15) is 0 Å². The highest BCUT2D eigenvalue weighted by Gasteiger charge is 2.27. The molecule has 9 heteroatoms. The van der Waals surface area contributed by atoms with E-state index in [9.17, 15) is 19.7 Å². The van der Waals surface area contributed by atoms with Crippen molar-refractivity contribution in [2.24, 2.45) is 0 Å². The van der Waals surface area contributed by atoms with Gasteiger partial charge >= 0.3 is 0 Å². The Bertz CT molecular complexity index is 932. The molecule has 1 aliphatic heterocycles. The number of nitro benzene ring substituents is 1. The maximum absolute atomic E-state index is 13.1.